The molecule has 33 heavy (non-hydrogen) atoms. The molecule has 0 radical (unpaired) electrons. The summed E-state index contributed by atoms with van der Waals surface area (Å²) in [7, 11) is 1.28. The number of nitrogens with zero attached hydrogens (tertiary/aromatic N) is 1. The quantitative estimate of drug-likeness (QED) is 0.224. The molecule has 0 aromatic heterocycles. The van der Waals surface area contributed by atoms with Crippen molar-refractivity contribution in [2.45, 2.75) is 33.7 Å². The first-order chi connectivity index (χ1) is 15.6. The molecular weight excluding hydrogens is 418 g/mol. The van der Waals surface area contributed by atoms with Gasteiger partial charge in [0.2, 0.25) is 0 Å². The molecule has 0 saturated carbocycles. The molecule has 2 aromatic carbocycles. The average molecular weight is 450 g/mol. The first-order valence-corrected chi connectivity index (χ1v) is 10.6. The minimum Gasteiger partial charge on any atom is -0.468 e. The van der Waals surface area contributed by atoms with E-state index in [9.17, 15) is 9.59 Å². The van der Waals surface area contributed by atoms with Crippen molar-refractivity contribution in [3.8, 4) is 11.8 Å². The first kappa shape index (κ1) is 25.3. The van der Waals surface area contributed by atoms with Gasteiger partial charge in [-0.15, -0.1) is 0 Å². The lowest BCUT2D eigenvalue weighted by Gasteiger charge is -2.29. The summed E-state index contributed by atoms with van der Waals surface area (Å²) in [6.07, 6.45) is 0. The van der Waals surface area contributed by atoms with Gasteiger partial charge in [0.05, 0.1) is 13.7 Å². The molecule has 0 aliphatic carbocycles. The van der Waals surface area contributed by atoms with E-state index in [-0.39, 0.29) is 24.5 Å². The summed E-state index contributed by atoms with van der Waals surface area (Å²) in [6.45, 7) is 7.96. The molecule has 5 N–H and O–H groups in total. The van der Waals surface area contributed by atoms with Gasteiger partial charge in [-0.3, -0.25) is 15.1 Å². The third-order valence-corrected chi connectivity index (χ3v) is 4.95. The number of amidine groups is 1. The highest BCUT2D eigenvalue weighted by atomic mass is 16.5. The second kappa shape index (κ2) is 11.6. The molecule has 0 heterocycles. The fourth-order valence-corrected chi connectivity index (χ4v) is 3.18. The van der Waals surface area contributed by atoms with Crippen LogP contribution in [0, 0.1) is 31.1 Å². The standard InChI is InChI=1S/C25H31N5O3/c1-16(2)30(25(32)29-15-23(31)33-5)22-14-17(3)20(13-18(22)4)7-6-12-28-21-10-8-19(9-11-21)24(26)27/h8-11,13-14,16,28H,12,15H2,1-5H3,(H3,26,27)(H,29,32). The van der Waals surface area contributed by atoms with E-state index in [4.69, 9.17) is 11.1 Å². The number of carbonyl (C=O) groups is 2. The number of urea groups is 1. The number of ether oxygens (including phenoxy) is 1. The number of rotatable bonds is 7. The molecule has 2 amide bonds. The zero-order valence-corrected chi connectivity index (χ0v) is 19.7. The number of hydrogen-bond acceptors (Lipinski definition) is 5. The average Bonchev–Trinajstić information content (AvgIpc) is 2.78. The lowest BCUT2D eigenvalue weighted by molar-refractivity contribution is -0.139. The second-order valence-electron chi connectivity index (χ2n) is 7.80. The van der Waals surface area contributed by atoms with Crippen LogP contribution < -0.4 is 21.3 Å². The van der Waals surface area contributed by atoms with E-state index in [2.05, 4.69) is 27.2 Å². The predicted molar refractivity (Wildman–Crippen MR) is 132 cm³/mol. The fourth-order valence-electron chi connectivity index (χ4n) is 3.18. The van der Waals surface area contributed by atoms with E-state index in [1.807, 2.05) is 52.0 Å². The van der Waals surface area contributed by atoms with E-state index in [1.165, 1.54) is 7.11 Å². The van der Waals surface area contributed by atoms with Crippen LogP contribution in [-0.2, 0) is 9.53 Å². The number of amides is 2. The molecule has 0 aliphatic heterocycles. The van der Waals surface area contributed by atoms with Crippen molar-refractivity contribution in [3.63, 3.8) is 0 Å². The van der Waals surface area contributed by atoms with Gasteiger partial charge in [0, 0.05) is 28.5 Å². The Labute approximate surface area is 195 Å². The zero-order valence-electron chi connectivity index (χ0n) is 19.7. The highest BCUT2D eigenvalue weighted by Gasteiger charge is 2.22. The largest absolute Gasteiger partial charge is 0.468 e. The monoisotopic (exact) mass is 449 g/mol. The van der Waals surface area contributed by atoms with E-state index in [0.29, 0.717) is 12.1 Å². The van der Waals surface area contributed by atoms with Crippen LogP contribution in [0.4, 0.5) is 16.2 Å². The Morgan fingerprint density at radius 1 is 1.15 bits per heavy atom. The molecule has 0 aliphatic rings. The Kier molecular flexibility index (Phi) is 8.87. The Bertz CT molecular complexity index is 1080. The van der Waals surface area contributed by atoms with Gasteiger partial charge < -0.3 is 21.1 Å². The number of nitrogens with two attached hydrogens (primary N) is 1. The molecule has 0 saturated heterocycles. The molecule has 8 heteroatoms. The molecule has 0 fully saturated rings. The zero-order chi connectivity index (χ0) is 24.5. The molecule has 0 spiro atoms. The van der Waals surface area contributed by atoms with Gasteiger partial charge in [-0.25, -0.2) is 4.79 Å². The SMILES string of the molecule is COC(=O)CNC(=O)N(c1cc(C)c(C#CCNc2ccc(C(=N)N)cc2)cc1C)C(C)C. The number of carbonyl (C=O) groups excluding carboxylic acids is 2. The van der Waals surface area contributed by atoms with Crippen molar-refractivity contribution in [1.82, 2.24) is 5.32 Å². The van der Waals surface area contributed by atoms with Crippen molar-refractivity contribution in [1.29, 1.82) is 5.41 Å². The number of methoxy groups -OCH3 is 1. The van der Waals surface area contributed by atoms with Crippen LogP contribution in [0.25, 0.3) is 0 Å². The number of benzene rings is 2. The number of hydrogen-bond donors (Lipinski definition) is 4. The van der Waals surface area contributed by atoms with Gasteiger partial charge in [0.15, 0.2) is 0 Å². The number of nitrogen functional groups attached to an aromatic ring is 1. The summed E-state index contributed by atoms with van der Waals surface area (Å²) in [5.74, 6) is 5.83. The second-order valence-corrected chi connectivity index (χ2v) is 7.80. The smallest absolute Gasteiger partial charge is 0.325 e. The van der Waals surface area contributed by atoms with Crippen LogP contribution >= 0.6 is 0 Å². The summed E-state index contributed by atoms with van der Waals surface area (Å²) in [6, 6.07) is 10.7. The van der Waals surface area contributed by atoms with Crippen molar-refractivity contribution >= 4 is 29.2 Å². The Balaban J connectivity index is 2.13. The highest BCUT2D eigenvalue weighted by Crippen LogP contribution is 2.26. The summed E-state index contributed by atoms with van der Waals surface area (Å²) in [4.78, 5) is 25.7. The first-order valence-electron chi connectivity index (χ1n) is 10.6. The highest BCUT2D eigenvalue weighted by molar-refractivity contribution is 5.95. The maximum absolute atomic E-state index is 12.7. The number of esters is 1. The van der Waals surface area contributed by atoms with Crippen molar-refractivity contribution in [2.75, 3.05) is 30.4 Å². The number of aryl methyl sites for hydroxylation is 2. The minimum absolute atomic E-state index is 0.0348. The molecule has 8 nitrogen and oxygen atoms in total. The molecule has 0 bridgehead atoms. The Hall–Kier alpha value is -3.99. The van der Waals surface area contributed by atoms with Crippen LogP contribution in [0.15, 0.2) is 36.4 Å². The number of anilines is 2. The van der Waals surface area contributed by atoms with E-state index in [0.717, 1.165) is 28.1 Å². The van der Waals surface area contributed by atoms with Gasteiger partial charge >= 0.3 is 12.0 Å². The van der Waals surface area contributed by atoms with Gasteiger partial charge in [0.1, 0.15) is 12.4 Å². The molecule has 0 unspecified atom stereocenters. The lowest BCUT2D eigenvalue weighted by Crippen LogP contribution is -2.46. The maximum Gasteiger partial charge on any atom is 0.325 e. The van der Waals surface area contributed by atoms with E-state index >= 15 is 0 Å². The molecular formula is C25H31N5O3. The van der Waals surface area contributed by atoms with Gasteiger partial charge in [0.25, 0.3) is 0 Å². The third kappa shape index (κ3) is 7.01. The summed E-state index contributed by atoms with van der Waals surface area (Å²) < 4.78 is 4.59. The fraction of sp³-hybridized carbons (Fsp3) is 0.320. The van der Waals surface area contributed by atoms with Crippen LogP contribution in [0.3, 0.4) is 0 Å². The normalized spacial score (nSPS) is 10.1. The third-order valence-electron chi connectivity index (χ3n) is 4.95. The Morgan fingerprint density at radius 2 is 1.82 bits per heavy atom. The van der Waals surface area contributed by atoms with Crippen LogP contribution in [-0.4, -0.2) is 44.1 Å². The van der Waals surface area contributed by atoms with E-state index < -0.39 is 5.97 Å². The minimum atomic E-state index is -0.506. The number of nitrogens with one attached hydrogen (secondary N) is 3. The molecule has 2 rings (SSSR count). The molecule has 174 valence electrons. The summed E-state index contributed by atoms with van der Waals surface area (Å²) in [5.41, 5.74) is 10.5. The topological polar surface area (TPSA) is 121 Å². The van der Waals surface area contributed by atoms with Crippen molar-refractivity contribution in [2.24, 2.45) is 5.73 Å². The summed E-state index contributed by atoms with van der Waals surface area (Å²) >= 11 is 0. The Morgan fingerprint density at radius 3 is 2.39 bits per heavy atom. The van der Waals surface area contributed by atoms with Crippen LogP contribution in [0.5, 0.6) is 0 Å². The van der Waals surface area contributed by atoms with Gasteiger partial charge in [-0.05, 0) is 75.2 Å². The predicted octanol–water partition coefficient (Wildman–Crippen LogP) is 3.15. The molecule has 2 aromatic rings. The van der Waals surface area contributed by atoms with E-state index in [1.54, 1.807) is 17.0 Å². The van der Waals surface area contributed by atoms with Crippen molar-refractivity contribution in [3.05, 3.63) is 58.7 Å². The lowest BCUT2D eigenvalue weighted by atomic mass is 10.0. The van der Waals surface area contributed by atoms with Crippen LogP contribution in [0.2, 0.25) is 0 Å². The van der Waals surface area contributed by atoms with Crippen molar-refractivity contribution < 1.29 is 14.3 Å². The van der Waals surface area contributed by atoms with Gasteiger partial charge in [-0.1, -0.05) is 11.8 Å². The molecule has 0 atom stereocenters. The summed E-state index contributed by atoms with van der Waals surface area (Å²) in [5, 5.41) is 13.2. The van der Waals surface area contributed by atoms with Gasteiger partial charge in [-0.2, -0.15) is 0 Å². The maximum atomic E-state index is 12.7. The van der Waals surface area contributed by atoms with Crippen LogP contribution in [0.1, 0.15) is 36.1 Å².